The molecule has 0 spiro atoms. The zero-order chi connectivity index (χ0) is 17.1. The van der Waals surface area contributed by atoms with Crippen molar-refractivity contribution in [3.8, 4) is 0 Å². The molecule has 2 aromatic rings. The topological polar surface area (TPSA) is 77.0 Å². The van der Waals surface area contributed by atoms with E-state index in [0.717, 1.165) is 31.4 Å². The number of carbonyl (C=O) groups is 1. The highest BCUT2D eigenvalue weighted by atomic mass is 32.2. The van der Waals surface area contributed by atoms with E-state index in [-0.39, 0.29) is 5.91 Å². The van der Waals surface area contributed by atoms with Crippen LogP contribution in [0, 0.1) is 0 Å². The average molecular weight is 359 g/mol. The van der Waals surface area contributed by atoms with E-state index in [2.05, 4.69) is 21.6 Å². The summed E-state index contributed by atoms with van der Waals surface area (Å²) in [6.07, 6.45) is 10.6. The van der Waals surface area contributed by atoms with Gasteiger partial charge in [0.15, 0.2) is 0 Å². The zero-order valence-corrected chi connectivity index (χ0v) is 14.8. The van der Waals surface area contributed by atoms with Crippen LogP contribution in [-0.4, -0.2) is 42.8 Å². The van der Waals surface area contributed by atoms with Gasteiger partial charge in [-0.05, 0) is 61.1 Å². The summed E-state index contributed by atoms with van der Waals surface area (Å²) >= 11 is 1.39. The number of thioether (sulfide) groups is 1. The SMILES string of the molecule is O=C(CSc1nnnn1Cc1ccco1)N(C1=CCCCC1)C1CC1. The molecule has 2 aromatic heterocycles. The summed E-state index contributed by atoms with van der Waals surface area (Å²) in [6.45, 7) is 0.466. The Morgan fingerprint density at radius 1 is 1.40 bits per heavy atom. The molecule has 25 heavy (non-hydrogen) atoms. The Morgan fingerprint density at radius 2 is 2.32 bits per heavy atom. The van der Waals surface area contributed by atoms with Crippen molar-refractivity contribution in [2.75, 3.05) is 5.75 Å². The summed E-state index contributed by atoms with van der Waals surface area (Å²) in [6, 6.07) is 4.11. The number of aromatic nitrogens is 4. The minimum absolute atomic E-state index is 0.160. The molecule has 1 amide bonds. The van der Waals surface area contributed by atoms with Gasteiger partial charge in [0.05, 0.1) is 12.0 Å². The first kappa shape index (κ1) is 16.4. The highest BCUT2D eigenvalue weighted by Gasteiger charge is 2.35. The van der Waals surface area contributed by atoms with Gasteiger partial charge in [-0.1, -0.05) is 17.8 Å². The maximum atomic E-state index is 12.8. The smallest absolute Gasteiger partial charge is 0.237 e. The van der Waals surface area contributed by atoms with E-state index in [1.807, 2.05) is 17.0 Å². The van der Waals surface area contributed by atoms with Crippen LogP contribution in [0.25, 0.3) is 0 Å². The molecule has 0 unspecified atom stereocenters. The monoisotopic (exact) mass is 359 g/mol. The fourth-order valence-corrected chi connectivity index (χ4v) is 3.85. The van der Waals surface area contributed by atoms with Gasteiger partial charge >= 0.3 is 0 Å². The zero-order valence-electron chi connectivity index (χ0n) is 14.0. The molecule has 0 aromatic carbocycles. The molecule has 132 valence electrons. The van der Waals surface area contributed by atoms with Crippen molar-refractivity contribution in [1.82, 2.24) is 25.1 Å². The first-order valence-corrected chi connectivity index (χ1v) is 9.72. The van der Waals surface area contributed by atoms with Crippen LogP contribution in [0.2, 0.25) is 0 Å². The van der Waals surface area contributed by atoms with Crippen LogP contribution in [0.5, 0.6) is 0 Å². The fraction of sp³-hybridized carbons (Fsp3) is 0.529. The molecule has 4 rings (SSSR count). The number of nitrogens with zero attached hydrogens (tertiary/aromatic N) is 5. The Bertz CT molecular complexity index is 751. The number of allylic oxidation sites excluding steroid dienone is 2. The Labute approximate surface area is 150 Å². The second kappa shape index (κ2) is 7.43. The lowest BCUT2D eigenvalue weighted by atomic mass is 10.0. The van der Waals surface area contributed by atoms with Gasteiger partial charge in [0.25, 0.3) is 0 Å². The molecule has 1 fully saturated rings. The molecule has 0 N–H and O–H groups in total. The van der Waals surface area contributed by atoms with Gasteiger partial charge in [-0.25, -0.2) is 4.68 Å². The van der Waals surface area contributed by atoms with Crippen LogP contribution in [0.1, 0.15) is 44.3 Å². The van der Waals surface area contributed by atoms with Crippen molar-refractivity contribution in [2.24, 2.45) is 0 Å². The minimum Gasteiger partial charge on any atom is -0.467 e. The number of hydrogen-bond acceptors (Lipinski definition) is 6. The normalized spacial score (nSPS) is 17.4. The highest BCUT2D eigenvalue weighted by Crippen LogP contribution is 2.34. The van der Waals surface area contributed by atoms with Gasteiger partial charge in [-0.15, -0.1) is 5.10 Å². The van der Waals surface area contributed by atoms with Crippen molar-refractivity contribution >= 4 is 17.7 Å². The van der Waals surface area contributed by atoms with Gasteiger partial charge in [0.2, 0.25) is 11.1 Å². The molecule has 8 heteroatoms. The molecule has 2 aliphatic carbocycles. The number of rotatable bonds is 7. The molecule has 0 radical (unpaired) electrons. The van der Waals surface area contributed by atoms with Gasteiger partial charge < -0.3 is 9.32 Å². The van der Waals surface area contributed by atoms with Crippen molar-refractivity contribution in [2.45, 2.75) is 56.3 Å². The first-order chi connectivity index (χ1) is 12.3. The Balaban J connectivity index is 1.39. The van der Waals surface area contributed by atoms with E-state index in [4.69, 9.17) is 4.42 Å². The van der Waals surface area contributed by atoms with Gasteiger partial charge in [-0.3, -0.25) is 4.79 Å². The van der Waals surface area contributed by atoms with Crippen LogP contribution in [-0.2, 0) is 11.3 Å². The molecule has 0 bridgehead atoms. The number of tetrazole rings is 1. The maximum Gasteiger partial charge on any atom is 0.237 e. The van der Waals surface area contributed by atoms with E-state index in [1.54, 1.807) is 10.9 Å². The molecular weight excluding hydrogens is 338 g/mol. The van der Waals surface area contributed by atoms with Crippen molar-refractivity contribution in [1.29, 1.82) is 0 Å². The molecule has 0 saturated heterocycles. The van der Waals surface area contributed by atoms with E-state index >= 15 is 0 Å². The average Bonchev–Trinajstić information content (AvgIpc) is 3.15. The second-order valence-electron chi connectivity index (χ2n) is 6.42. The Morgan fingerprint density at radius 3 is 3.04 bits per heavy atom. The van der Waals surface area contributed by atoms with E-state index in [9.17, 15) is 4.79 Å². The van der Waals surface area contributed by atoms with Crippen LogP contribution in [0.4, 0.5) is 0 Å². The van der Waals surface area contributed by atoms with Crippen molar-refractivity contribution in [3.05, 3.63) is 35.9 Å². The quantitative estimate of drug-likeness (QED) is 0.708. The summed E-state index contributed by atoms with van der Waals surface area (Å²) in [7, 11) is 0. The molecule has 1 saturated carbocycles. The third-order valence-electron chi connectivity index (χ3n) is 4.47. The molecule has 0 atom stereocenters. The van der Waals surface area contributed by atoms with Crippen LogP contribution in [0.15, 0.2) is 39.7 Å². The van der Waals surface area contributed by atoms with E-state index < -0.39 is 0 Å². The molecule has 7 nitrogen and oxygen atoms in total. The predicted octanol–water partition coefficient (Wildman–Crippen LogP) is 2.86. The maximum absolute atomic E-state index is 12.8. The van der Waals surface area contributed by atoms with E-state index in [1.165, 1.54) is 30.3 Å². The van der Waals surface area contributed by atoms with E-state index in [0.29, 0.717) is 23.5 Å². The Hall–Kier alpha value is -2.09. The van der Waals surface area contributed by atoms with Crippen molar-refractivity contribution in [3.63, 3.8) is 0 Å². The lowest BCUT2D eigenvalue weighted by Gasteiger charge is -2.27. The molecule has 2 aliphatic rings. The lowest BCUT2D eigenvalue weighted by molar-refractivity contribution is -0.127. The standard InChI is InChI=1S/C17H21N5O2S/c23-16(22(14-8-9-14)13-5-2-1-3-6-13)12-25-17-18-19-20-21(17)11-15-7-4-10-24-15/h4-5,7,10,14H,1-3,6,8-9,11-12H2. The molecule has 2 heterocycles. The predicted molar refractivity (Wildman–Crippen MR) is 92.8 cm³/mol. The largest absolute Gasteiger partial charge is 0.467 e. The van der Waals surface area contributed by atoms with Crippen LogP contribution >= 0.6 is 11.8 Å². The third-order valence-corrected chi connectivity index (χ3v) is 5.41. The number of amides is 1. The number of carbonyl (C=O) groups excluding carboxylic acids is 1. The summed E-state index contributed by atoms with van der Waals surface area (Å²) in [5.41, 5.74) is 1.22. The van der Waals surface area contributed by atoms with Gasteiger partial charge in [0.1, 0.15) is 12.3 Å². The molecular formula is C17H21N5O2S. The van der Waals surface area contributed by atoms with Gasteiger partial charge in [-0.2, -0.15) is 0 Å². The van der Waals surface area contributed by atoms with Crippen LogP contribution in [0.3, 0.4) is 0 Å². The van der Waals surface area contributed by atoms with Gasteiger partial charge in [0, 0.05) is 11.7 Å². The number of furan rings is 1. The summed E-state index contributed by atoms with van der Waals surface area (Å²) < 4.78 is 7.00. The van der Waals surface area contributed by atoms with Crippen molar-refractivity contribution < 1.29 is 9.21 Å². The summed E-state index contributed by atoms with van der Waals surface area (Å²) in [5.74, 6) is 1.30. The summed E-state index contributed by atoms with van der Waals surface area (Å²) in [4.78, 5) is 14.8. The highest BCUT2D eigenvalue weighted by molar-refractivity contribution is 7.99. The Kier molecular flexibility index (Phi) is 4.87. The first-order valence-electron chi connectivity index (χ1n) is 8.74. The second-order valence-corrected chi connectivity index (χ2v) is 7.37. The summed E-state index contributed by atoms with van der Waals surface area (Å²) in [5, 5.41) is 12.4. The fourth-order valence-electron chi connectivity index (χ4n) is 3.12. The third kappa shape index (κ3) is 3.95. The minimum atomic E-state index is 0.160. The van der Waals surface area contributed by atoms with Crippen LogP contribution < -0.4 is 0 Å². The number of hydrogen-bond donors (Lipinski definition) is 0. The molecule has 0 aliphatic heterocycles. The lowest BCUT2D eigenvalue weighted by Crippen LogP contribution is -2.34.